The lowest BCUT2D eigenvalue weighted by molar-refractivity contribution is 0.815. The average molecular weight is 409 g/mol. The Bertz CT molecular complexity index is 1290. The van der Waals surface area contributed by atoms with Gasteiger partial charge in [-0.2, -0.15) is 5.26 Å². The highest BCUT2D eigenvalue weighted by molar-refractivity contribution is 5.72. The van der Waals surface area contributed by atoms with E-state index in [-0.39, 0.29) is 0 Å². The minimum atomic E-state index is 0.669. The van der Waals surface area contributed by atoms with Crippen LogP contribution < -0.4 is 10.6 Å². The number of nitrogens with one attached hydrogen (secondary N) is 2. The van der Waals surface area contributed by atoms with Gasteiger partial charge >= 0.3 is 0 Å². The van der Waals surface area contributed by atoms with Gasteiger partial charge in [0.1, 0.15) is 0 Å². The fraction of sp³-hybridized carbons (Fsp3) is 0.200. The molecule has 0 unspecified atom stereocenters. The molecule has 31 heavy (non-hydrogen) atoms. The number of anilines is 1. The molecule has 0 radical (unpaired) electrons. The first-order chi connectivity index (χ1) is 15.2. The summed E-state index contributed by atoms with van der Waals surface area (Å²) in [4.78, 5) is 4.75. The predicted molar refractivity (Wildman–Crippen MR) is 123 cm³/mol. The van der Waals surface area contributed by atoms with Crippen LogP contribution in [0.15, 0.2) is 60.9 Å². The molecule has 0 atom stereocenters. The summed E-state index contributed by atoms with van der Waals surface area (Å²) in [6.07, 6.45) is 4.11. The predicted octanol–water partition coefficient (Wildman–Crippen LogP) is 4.18. The van der Waals surface area contributed by atoms with Crippen LogP contribution in [0.4, 0.5) is 5.69 Å². The van der Waals surface area contributed by atoms with E-state index in [0.29, 0.717) is 5.56 Å². The fourth-order valence-corrected chi connectivity index (χ4v) is 4.20. The molecule has 154 valence electrons. The molecule has 0 aliphatic carbocycles. The van der Waals surface area contributed by atoms with Crippen molar-refractivity contribution in [1.82, 2.24) is 19.4 Å². The van der Waals surface area contributed by atoms with Crippen LogP contribution >= 0.6 is 0 Å². The minimum Gasteiger partial charge on any atom is -0.384 e. The van der Waals surface area contributed by atoms with Gasteiger partial charge in [-0.05, 0) is 61.5 Å². The number of hydrogen-bond acceptors (Lipinski definition) is 4. The standard InChI is InChI=1S/C25H24N6/c1-17-14-29-25-24-12-20(19-5-3-18(13-26)4-6-19)15-30(24)16-21-11-22(28-10-9-27-2)7-8-23(21)31(17)25/h3-8,11-12,14-15,27-28H,9-10,16H2,1-2H3. The van der Waals surface area contributed by atoms with E-state index in [4.69, 9.17) is 10.2 Å². The lowest BCUT2D eigenvalue weighted by Gasteiger charge is -2.14. The van der Waals surface area contributed by atoms with E-state index in [0.717, 1.165) is 53.7 Å². The van der Waals surface area contributed by atoms with E-state index in [1.807, 2.05) is 37.5 Å². The van der Waals surface area contributed by atoms with Gasteiger partial charge in [0, 0.05) is 49.0 Å². The number of likely N-dealkylation sites (N-methyl/N-ethyl adjacent to an activating group) is 1. The summed E-state index contributed by atoms with van der Waals surface area (Å²) < 4.78 is 4.52. The zero-order valence-electron chi connectivity index (χ0n) is 17.7. The largest absolute Gasteiger partial charge is 0.384 e. The van der Waals surface area contributed by atoms with Gasteiger partial charge < -0.3 is 15.2 Å². The molecule has 6 heteroatoms. The highest BCUT2D eigenvalue weighted by Crippen LogP contribution is 2.35. The van der Waals surface area contributed by atoms with E-state index in [2.05, 4.69) is 63.2 Å². The Labute approximate surface area is 181 Å². The van der Waals surface area contributed by atoms with E-state index >= 15 is 0 Å². The molecule has 0 saturated heterocycles. The topological polar surface area (TPSA) is 70.6 Å². The molecule has 5 rings (SSSR count). The summed E-state index contributed by atoms with van der Waals surface area (Å²) >= 11 is 0. The van der Waals surface area contributed by atoms with Gasteiger partial charge in [0.15, 0.2) is 5.82 Å². The van der Waals surface area contributed by atoms with Gasteiger partial charge in [-0.3, -0.25) is 4.57 Å². The van der Waals surface area contributed by atoms with Crippen molar-refractivity contribution in [3.63, 3.8) is 0 Å². The van der Waals surface area contributed by atoms with Gasteiger partial charge in [-0.25, -0.2) is 4.98 Å². The second-order valence-electron chi connectivity index (χ2n) is 7.86. The Balaban J connectivity index is 1.59. The molecule has 0 spiro atoms. The normalized spacial score (nSPS) is 11.8. The fourth-order valence-electron chi connectivity index (χ4n) is 4.20. The number of rotatable bonds is 5. The first kappa shape index (κ1) is 19.2. The third-order valence-electron chi connectivity index (χ3n) is 5.78. The molecule has 2 N–H and O–H groups in total. The van der Waals surface area contributed by atoms with Gasteiger partial charge in [-0.15, -0.1) is 0 Å². The van der Waals surface area contributed by atoms with E-state index < -0.39 is 0 Å². The van der Waals surface area contributed by atoms with E-state index in [9.17, 15) is 0 Å². The summed E-state index contributed by atoms with van der Waals surface area (Å²) in [6.45, 7) is 4.66. The summed E-state index contributed by atoms with van der Waals surface area (Å²) in [5.74, 6) is 0.951. The lowest BCUT2D eigenvalue weighted by atomic mass is 10.1. The third-order valence-corrected chi connectivity index (χ3v) is 5.78. The SMILES string of the molecule is CNCCNc1ccc2c(c1)Cn1cc(-c3ccc(C#N)cc3)cc1-c1ncc(C)n1-2. The summed E-state index contributed by atoms with van der Waals surface area (Å²) in [7, 11) is 1.96. The highest BCUT2D eigenvalue weighted by atomic mass is 15.1. The number of nitrogens with zero attached hydrogens (tertiary/aromatic N) is 4. The number of imidazole rings is 1. The monoisotopic (exact) mass is 408 g/mol. The minimum absolute atomic E-state index is 0.669. The summed E-state index contributed by atoms with van der Waals surface area (Å²) in [5, 5.41) is 15.7. The molecular weight excluding hydrogens is 384 g/mol. The quantitative estimate of drug-likeness (QED) is 0.428. The van der Waals surface area contributed by atoms with Crippen LogP contribution in [0.2, 0.25) is 0 Å². The Morgan fingerprint density at radius 1 is 1.06 bits per heavy atom. The van der Waals surface area contributed by atoms with Crippen molar-refractivity contribution in [3.8, 4) is 34.4 Å². The van der Waals surface area contributed by atoms with Crippen molar-refractivity contribution >= 4 is 5.69 Å². The molecular formula is C25H24N6. The molecule has 1 aliphatic rings. The van der Waals surface area contributed by atoms with Crippen molar-refractivity contribution in [2.45, 2.75) is 13.5 Å². The Kier molecular flexibility index (Phi) is 4.81. The second-order valence-corrected chi connectivity index (χ2v) is 7.86. The van der Waals surface area contributed by atoms with Crippen LogP contribution in [0.1, 0.15) is 16.8 Å². The second kappa shape index (κ2) is 7.78. The number of fused-ring (bicyclic) bond motifs is 5. The number of nitriles is 1. The molecule has 4 aromatic rings. The summed E-state index contributed by atoms with van der Waals surface area (Å²) in [6, 6.07) is 18.7. The summed E-state index contributed by atoms with van der Waals surface area (Å²) in [5.41, 5.74) is 8.63. The molecule has 0 amide bonds. The molecule has 3 heterocycles. The van der Waals surface area contributed by atoms with Gasteiger partial charge in [0.25, 0.3) is 0 Å². The Morgan fingerprint density at radius 3 is 2.68 bits per heavy atom. The zero-order valence-corrected chi connectivity index (χ0v) is 17.7. The zero-order chi connectivity index (χ0) is 21.4. The smallest absolute Gasteiger partial charge is 0.161 e. The molecule has 0 fully saturated rings. The molecule has 2 aromatic heterocycles. The first-order valence-electron chi connectivity index (χ1n) is 10.4. The van der Waals surface area contributed by atoms with E-state index in [1.54, 1.807) is 0 Å². The maximum atomic E-state index is 9.08. The molecule has 1 aliphatic heterocycles. The Morgan fingerprint density at radius 2 is 1.90 bits per heavy atom. The van der Waals surface area contributed by atoms with Crippen LogP contribution in [-0.2, 0) is 6.54 Å². The number of hydrogen-bond donors (Lipinski definition) is 2. The first-order valence-corrected chi connectivity index (χ1v) is 10.4. The van der Waals surface area contributed by atoms with Crippen molar-refractivity contribution in [1.29, 1.82) is 5.26 Å². The molecule has 2 aromatic carbocycles. The molecule has 0 bridgehead atoms. The van der Waals surface area contributed by atoms with Crippen molar-refractivity contribution < 1.29 is 0 Å². The lowest BCUT2D eigenvalue weighted by Crippen LogP contribution is -2.17. The number of aromatic nitrogens is 3. The van der Waals surface area contributed by atoms with Crippen LogP contribution in [0, 0.1) is 18.3 Å². The van der Waals surface area contributed by atoms with Crippen molar-refractivity contribution in [3.05, 3.63) is 77.7 Å². The average Bonchev–Trinajstić information content (AvgIpc) is 3.34. The van der Waals surface area contributed by atoms with Crippen LogP contribution in [0.25, 0.3) is 28.3 Å². The van der Waals surface area contributed by atoms with Crippen LogP contribution in [0.3, 0.4) is 0 Å². The van der Waals surface area contributed by atoms with Crippen molar-refractivity contribution in [2.24, 2.45) is 0 Å². The Hall–Kier alpha value is -3.82. The van der Waals surface area contributed by atoms with Crippen molar-refractivity contribution in [2.75, 3.05) is 25.5 Å². The maximum absolute atomic E-state index is 9.08. The van der Waals surface area contributed by atoms with Gasteiger partial charge in [0.2, 0.25) is 0 Å². The maximum Gasteiger partial charge on any atom is 0.161 e. The molecule has 6 nitrogen and oxygen atoms in total. The third kappa shape index (κ3) is 3.39. The number of benzene rings is 2. The number of aryl methyl sites for hydroxylation is 1. The van der Waals surface area contributed by atoms with E-state index in [1.165, 1.54) is 11.3 Å². The van der Waals surface area contributed by atoms with Crippen LogP contribution in [0.5, 0.6) is 0 Å². The molecule has 0 saturated carbocycles. The van der Waals surface area contributed by atoms with Gasteiger partial charge in [-0.1, -0.05) is 12.1 Å². The van der Waals surface area contributed by atoms with Crippen LogP contribution in [-0.4, -0.2) is 34.3 Å². The van der Waals surface area contributed by atoms with Gasteiger partial charge in [0.05, 0.1) is 23.0 Å². The highest BCUT2D eigenvalue weighted by Gasteiger charge is 2.23.